The lowest BCUT2D eigenvalue weighted by Crippen LogP contribution is -2.21. The lowest BCUT2D eigenvalue weighted by Gasteiger charge is -2.29. The highest BCUT2D eigenvalue weighted by Crippen LogP contribution is 2.35. The predicted octanol–water partition coefficient (Wildman–Crippen LogP) is 4.33. The third-order valence-corrected chi connectivity index (χ3v) is 3.40. The molecule has 82 valence electrons. The SMILES string of the molecule is C=CC1=CCC(C)(c2ccccc2C)C=C1. The number of hydrogen-bond acceptors (Lipinski definition) is 0. The van der Waals surface area contributed by atoms with Crippen molar-refractivity contribution in [3.05, 3.63) is 71.8 Å². The summed E-state index contributed by atoms with van der Waals surface area (Å²) in [7, 11) is 0. The average molecular weight is 210 g/mol. The van der Waals surface area contributed by atoms with Crippen molar-refractivity contribution in [1.82, 2.24) is 0 Å². The third kappa shape index (κ3) is 1.88. The molecule has 0 saturated carbocycles. The molecule has 0 bridgehead atoms. The highest BCUT2D eigenvalue weighted by molar-refractivity contribution is 5.43. The summed E-state index contributed by atoms with van der Waals surface area (Å²) in [6, 6.07) is 8.63. The lowest BCUT2D eigenvalue weighted by atomic mass is 9.74. The smallest absolute Gasteiger partial charge is 0.0144 e. The fourth-order valence-electron chi connectivity index (χ4n) is 2.31. The maximum Gasteiger partial charge on any atom is 0.0144 e. The van der Waals surface area contributed by atoms with Gasteiger partial charge in [-0.2, -0.15) is 0 Å². The van der Waals surface area contributed by atoms with E-state index in [4.69, 9.17) is 0 Å². The number of hydrogen-bond donors (Lipinski definition) is 0. The first kappa shape index (κ1) is 10.9. The van der Waals surface area contributed by atoms with Crippen molar-refractivity contribution in [2.24, 2.45) is 0 Å². The monoisotopic (exact) mass is 210 g/mol. The quantitative estimate of drug-likeness (QED) is 0.681. The zero-order valence-electron chi connectivity index (χ0n) is 10.0. The molecule has 0 aliphatic heterocycles. The summed E-state index contributed by atoms with van der Waals surface area (Å²) in [5, 5.41) is 0. The second kappa shape index (κ2) is 4.13. The molecule has 1 aromatic carbocycles. The molecule has 1 aliphatic carbocycles. The van der Waals surface area contributed by atoms with Crippen molar-refractivity contribution in [2.45, 2.75) is 25.7 Å². The standard InChI is InChI=1S/C16H18/c1-4-14-9-11-16(3,12-10-14)15-8-6-5-7-13(15)2/h4-11H,1,12H2,2-3H3. The minimum absolute atomic E-state index is 0.137. The van der Waals surface area contributed by atoms with Crippen LogP contribution in [-0.4, -0.2) is 0 Å². The van der Waals surface area contributed by atoms with Crippen LogP contribution >= 0.6 is 0 Å². The fourth-order valence-corrected chi connectivity index (χ4v) is 2.31. The summed E-state index contributed by atoms with van der Waals surface area (Å²) in [4.78, 5) is 0. The summed E-state index contributed by atoms with van der Waals surface area (Å²) in [5.74, 6) is 0. The summed E-state index contributed by atoms with van der Waals surface area (Å²) >= 11 is 0. The van der Waals surface area contributed by atoms with Crippen LogP contribution in [0.2, 0.25) is 0 Å². The van der Waals surface area contributed by atoms with Gasteiger partial charge in [0, 0.05) is 5.41 Å². The lowest BCUT2D eigenvalue weighted by molar-refractivity contribution is 0.594. The molecule has 0 radical (unpaired) electrons. The number of aryl methyl sites for hydroxylation is 1. The van der Waals surface area contributed by atoms with Gasteiger partial charge in [0.15, 0.2) is 0 Å². The van der Waals surface area contributed by atoms with E-state index in [0.29, 0.717) is 0 Å². The van der Waals surface area contributed by atoms with Crippen LogP contribution in [0, 0.1) is 6.92 Å². The molecule has 1 unspecified atom stereocenters. The topological polar surface area (TPSA) is 0 Å². The summed E-state index contributed by atoms with van der Waals surface area (Å²) < 4.78 is 0. The van der Waals surface area contributed by atoms with Gasteiger partial charge in [0.2, 0.25) is 0 Å². The van der Waals surface area contributed by atoms with E-state index in [2.05, 4.69) is 62.9 Å². The Morgan fingerprint density at radius 1 is 1.31 bits per heavy atom. The van der Waals surface area contributed by atoms with E-state index in [-0.39, 0.29) is 5.41 Å². The molecule has 1 aliphatic rings. The van der Waals surface area contributed by atoms with Crippen molar-refractivity contribution in [3.8, 4) is 0 Å². The first-order chi connectivity index (χ1) is 7.65. The van der Waals surface area contributed by atoms with E-state index in [9.17, 15) is 0 Å². The van der Waals surface area contributed by atoms with Gasteiger partial charge in [-0.25, -0.2) is 0 Å². The average Bonchev–Trinajstić information content (AvgIpc) is 2.30. The van der Waals surface area contributed by atoms with Crippen LogP contribution < -0.4 is 0 Å². The fraction of sp³-hybridized carbons (Fsp3) is 0.250. The molecule has 0 heterocycles. The minimum Gasteiger partial charge on any atom is -0.0985 e. The van der Waals surface area contributed by atoms with Crippen LogP contribution in [0.15, 0.2) is 60.7 Å². The molecule has 2 rings (SSSR count). The molecule has 16 heavy (non-hydrogen) atoms. The van der Waals surface area contributed by atoms with Crippen molar-refractivity contribution in [2.75, 3.05) is 0 Å². The molecule has 0 fully saturated rings. The van der Waals surface area contributed by atoms with Gasteiger partial charge in [-0.1, -0.05) is 62.1 Å². The molecule has 1 aromatic rings. The molecule has 0 heteroatoms. The predicted molar refractivity (Wildman–Crippen MR) is 70.6 cm³/mol. The van der Waals surface area contributed by atoms with Crippen molar-refractivity contribution in [3.63, 3.8) is 0 Å². The van der Waals surface area contributed by atoms with Crippen molar-refractivity contribution < 1.29 is 0 Å². The van der Waals surface area contributed by atoms with Gasteiger partial charge in [-0.15, -0.1) is 0 Å². The number of rotatable bonds is 2. The maximum atomic E-state index is 3.80. The molecule has 1 atom stereocenters. The third-order valence-electron chi connectivity index (χ3n) is 3.40. The number of allylic oxidation sites excluding steroid dienone is 5. The minimum atomic E-state index is 0.137. The van der Waals surface area contributed by atoms with Crippen LogP contribution in [0.5, 0.6) is 0 Å². The van der Waals surface area contributed by atoms with Crippen LogP contribution in [-0.2, 0) is 5.41 Å². The summed E-state index contributed by atoms with van der Waals surface area (Å²) in [5.41, 5.74) is 4.15. The van der Waals surface area contributed by atoms with E-state index < -0.39 is 0 Å². The first-order valence-electron chi connectivity index (χ1n) is 5.74. The van der Waals surface area contributed by atoms with E-state index in [1.54, 1.807) is 0 Å². The van der Waals surface area contributed by atoms with E-state index in [1.807, 2.05) is 6.08 Å². The van der Waals surface area contributed by atoms with Gasteiger partial charge < -0.3 is 0 Å². The van der Waals surface area contributed by atoms with E-state index in [1.165, 1.54) is 16.7 Å². The second-order valence-electron chi connectivity index (χ2n) is 4.68. The van der Waals surface area contributed by atoms with Crippen LogP contribution in [0.25, 0.3) is 0 Å². The Morgan fingerprint density at radius 3 is 2.62 bits per heavy atom. The molecule has 0 amide bonds. The Morgan fingerprint density at radius 2 is 2.06 bits per heavy atom. The second-order valence-corrected chi connectivity index (χ2v) is 4.68. The van der Waals surface area contributed by atoms with Crippen LogP contribution in [0.4, 0.5) is 0 Å². The van der Waals surface area contributed by atoms with Crippen molar-refractivity contribution >= 4 is 0 Å². The van der Waals surface area contributed by atoms with Gasteiger partial charge in [0.1, 0.15) is 0 Å². The summed E-state index contributed by atoms with van der Waals surface area (Å²) in [6.07, 6.45) is 9.69. The van der Waals surface area contributed by atoms with Gasteiger partial charge in [-0.05, 0) is 30.0 Å². The Kier molecular flexibility index (Phi) is 2.82. The zero-order valence-corrected chi connectivity index (χ0v) is 10.0. The Hall–Kier alpha value is -1.56. The van der Waals surface area contributed by atoms with E-state index in [0.717, 1.165) is 6.42 Å². The maximum absolute atomic E-state index is 3.80. The Bertz CT molecular complexity index is 463. The van der Waals surface area contributed by atoms with Crippen molar-refractivity contribution in [1.29, 1.82) is 0 Å². The van der Waals surface area contributed by atoms with Gasteiger partial charge >= 0.3 is 0 Å². The Labute approximate surface area is 98.0 Å². The Balaban J connectivity index is 2.37. The summed E-state index contributed by atoms with van der Waals surface area (Å²) in [6.45, 7) is 8.28. The largest absolute Gasteiger partial charge is 0.0985 e. The van der Waals surface area contributed by atoms with Crippen LogP contribution in [0.1, 0.15) is 24.5 Å². The molecule has 0 nitrogen and oxygen atoms in total. The zero-order chi connectivity index (χ0) is 11.6. The molecule has 0 saturated heterocycles. The molecular weight excluding hydrogens is 192 g/mol. The molecule has 0 spiro atoms. The van der Waals surface area contributed by atoms with Crippen LogP contribution in [0.3, 0.4) is 0 Å². The molecule has 0 aromatic heterocycles. The van der Waals surface area contributed by atoms with Gasteiger partial charge in [0.05, 0.1) is 0 Å². The highest BCUT2D eigenvalue weighted by Gasteiger charge is 2.25. The highest BCUT2D eigenvalue weighted by atomic mass is 14.3. The normalized spacial score (nSPS) is 24.0. The number of benzene rings is 1. The molecule has 0 N–H and O–H groups in total. The van der Waals surface area contributed by atoms with E-state index >= 15 is 0 Å². The van der Waals surface area contributed by atoms with Gasteiger partial charge in [-0.3, -0.25) is 0 Å². The molecular formula is C16H18. The first-order valence-corrected chi connectivity index (χ1v) is 5.74. The van der Waals surface area contributed by atoms with Gasteiger partial charge in [0.25, 0.3) is 0 Å².